The second-order valence-corrected chi connectivity index (χ2v) is 7.27. The lowest BCUT2D eigenvalue weighted by Crippen LogP contribution is -2.31. The van der Waals surface area contributed by atoms with E-state index in [0.717, 1.165) is 28.5 Å². The number of rotatable bonds is 6. The SMILES string of the molecule is Cc1cccc(OCC(=O)c2c(C)c(C#N)c(=O)n(CC3CCCO3)c2O)c1C. The van der Waals surface area contributed by atoms with Crippen LogP contribution in [0.5, 0.6) is 11.6 Å². The molecule has 3 rings (SSSR count). The van der Waals surface area contributed by atoms with Crippen molar-refractivity contribution in [2.45, 2.75) is 46.3 Å². The highest BCUT2D eigenvalue weighted by atomic mass is 16.5. The minimum absolute atomic E-state index is 0.0653. The van der Waals surface area contributed by atoms with Crippen LogP contribution in [0.15, 0.2) is 23.0 Å². The summed E-state index contributed by atoms with van der Waals surface area (Å²) in [5.41, 5.74) is 1.27. The highest BCUT2D eigenvalue weighted by Crippen LogP contribution is 2.26. The molecule has 0 saturated carbocycles. The Labute approximate surface area is 169 Å². The summed E-state index contributed by atoms with van der Waals surface area (Å²) in [5, 5.41) is 20.2. The van der Waals surface area contributed by atoms with E-state index in [2.05, 4.69) is 0 Å². The number of Topliss-reactive ketones (excluding diaryl/α,β-unsaturated/α-hetero) is 1. The molecule has 29 heavy (non-hydrogen) atoms. The van der Waals surface area contributed by atoms with Crippen LogP contribution in [0, 0.1) is 32.1 Å². The second-order valence-electron chi connectivity index (χ2n) is 7.27. The Kier molecular flexibility index (Phi) is 6.04. The van der Waals surface area contributed by atoms with Gasteiger partial charge in [-0.25, -0.2) is 0 Å². The summed E-state index contributed by atoms with van der Waals surface area (Å²) in [5.74, 6) is -0.376. The smallest absolute Gasteiger partial charge is 0.271 e. The third kappa shape index (κ3) is 4.03. The number of hydrogen-bond acceptors (Lipinski definition) is 6. The van der Waals surface area contributed by atoms with Crippen LogP contribution < -0.4 is 10.3 Å². The topological polar surface area (TPSA) is 102 Å². The monoisotopic (exact) mass is 396 g/mol. The molecule has 0 bridgehead atoms. The number of aryl methyl sites for hydroxylation is 1. The van der Waals surface area contributed by atoms with Crippen molar-refractivity contribution in [2.24, 2.45) is 0 Å². The lowest BCUT2D eigenvalue weighted by Gasteiger charge is -2.18. The maximum Gasteiger partial charge on any atom is 0.271 e. The van der Waals surface area contributed by atoms with Gasteiger partial charge in [0.1, 0.15) is 17.4 Å². The van der Waals surface area contributed by atoms with Gasteiger partial charge in [0.15, 0.2) is 6.61 Å². The summed E-state index contributed by atoms with van der Waals surface area (Å²) in [6.07, 6.45) is 1.38. The van der Waals surface area contributed by atoms with Crippen molar-refractivity contribution in [3.63, 3.8) is 0 Å². The van der Waals surface area contributed by atoms with Crippen LogP contribution in [0.4, 0.5) is 0 Å². The Morgan fingerprint density at radius 1 is 1.34 bits per heavy atom. The van der Waals surface area contributed by atoms with Crippen molar-refractivity contribution in [1.29, 1.82) is 5.26 Å². The molecule has 0 spiro atoms. The predicted molar refractivity (Wildman–Crippen MR) is 107 cm³/mol. The number of aromatic hydroxyl groups is 1. The number of hydrogen-bond donors (Lipinski definition) is 1. The van der Waals surface area contributed by atoms with Crippen molar-refractivity contribution in [3.8, 4) is 17.7 Å². The normalized spacial score (nSPS) is 15.9. The summed E-state index contributed by atoms with van der Waals surface area (Å²) >= 11 is 0. The van der Waals surface area contributed by atoms with E-state index in [1.807, 2.05) is 32.0 Å². The van der Waals surface area contributed by atoms with Gasteiger partial charge in [-0.2, -0.15) is 5.26 Å². The molecule has 1 N–H and O–H groups in total. The summed E-state index contributed by atoms with van der Waals surface area (Å²) in [6.45, 7) is 5.70. The number of ketones is 1. The molecule has 7 nitrogen and oxygen atoms in total. The average Bonchev–Trinajstić information content (AvgIpc) is 3.20. The first kappa shape index (κ1) is 20.6. The standard InChI is InChI=1S/C22H24N2O5/c1-13-6-4-8-19(14(13)2)29-12-18(25)20-15(3)17(10-23)21(26)24(22(20)27)11-16-7-5-9-28-16/h4,6,8,16,27H,5,7,9,11-12H2,1-3H3. The number of ether oxygens (including phenoxy) is 2. The van der Waals surface area contributed by atoms with Gasteiger partial charge >= 0.3 is 0 Å². The molecule has 7 heteroatoms. The third-order valence-corrected chi connectivity index (χ3v) is 5.40. The highest BCUT2D eigenvalue weighted by Gasteiger charge is 2.26. The van der Waals surface area contributed by atoms with Crippen LogP contribution >= 0.6 is 0 Å². The molecule has 1 aromatic carbocycles. The first-order chi connectivity index (χ1) is 13.8. The van der Waals surface area contributed by atoms with Gasteiger partial charge in [-0.1, -0.05) is 12.1 Å². The number of aromatic nitrogens is 1. The minimum Gasteiger partial charge on any atom is -0.494 e. The zero-order valence-corrected chi connectivity index (χ0v) is 16.8. The van der Waals surface area contributed by atoms with Crippen LogP contribution in [-0.2, 0) is 11.3 Å². The minimum atomic E-state index is -0.620. The van der Waals surface area contributed by atoms with Crippen molar-refractivity contribution >= 4 is 5.78 Å². The fourth-order valence-electron chi connectivity index (χ4n) is 3.54. The van der Waals surface area contributed by atoms with Crippen LogP contribution in [0.1, 0.15) is 45.5 Å². The van der Waals surface area contributed by atoms with Crippen LogP contribution in [0.2, 0.25) is 0 Å². The van der Waals surface area contributed by atoms with E-state index in [0.29, 0.717) is 12.4 Å². The largest absolute Gasteiger partial charge is 0.494 e. The fourth-order valence-corrected chi connectivity index (χ4v) is 3.54. The molecule has 1 saturated heterocycles. The molecule has 2 aromatic rings. The summed E-state index contributed by atoms with van der Waals surface area (Å²) in [4.78, 5) is 25.5. The van der Waals surface area contributed by atoms with E-state index in [9.17, 15) is 20.0 Å². The van der Waals surface area contributed by atoms with Gasteiger partial charge in [0.25, 0.3) is 5.56 Å². The maximum absolute atomic E-state index is 12.9. The molecule has 1 aliphatic rings. The average molecular weight is 396 g/mol. The summed E-state index contributed by atoms with van der Waals surface area (Å²) in [6, 6.07) is 7.41. The van der Waals surface area contributed by atoms with E-state index >= 15 is 0 Å². The number of benzene rings is 1. The van der Waals surface area contributed by atoms with Crippen molar-refractivity contribution in [1.82, 2.24) is 4.57 Å². The molecule has 2 heterocycles. The maximum atomic E-state index is 12.9. The Balaban J connectivity index is 1.94. The van der Waals surface area contributed by atoms with Crippen LogP contribution in [-0.4, -0.2) is 34.8 Å². The quantitative estimate of drug-likeness (QED) is 0.754. The molecule has 1 aromatic heterocycles. The van der Waals surface area contributed by atoms with Crippen molar-refractivity contribution in [2.75, 3.05) is 13.2 Å². The molecular formula is C22H24N2O5. The Morgan fingerprint density at radius 3 is 2.76 bits per heavy atom. The first-order valence-electron chi connectivity index (χ1n) is 9.55. The number of carbonyl (C=O) groups is 1. The lowest BCUT2D eigenvalue weighted by molar-refractivity contribution is 0.0893. The van der Waals surface area contributed by atoms with Gasteiger partial charge in [-0.3, -0.25) is 14.2 Å². The van der Waals surface area contributed by atoms with Gasteiger partial charge < -0.3 is 14.6 Å². The van der Waals surface area contributed by atoms with Gasteiger partial charge in [0, 0.05) is 6.61 Å². The molecule has 1 unspecified atom stereocenters. The zero-order chi connectivity index (χ0) is 21.1. The van der Waals surface area contributed by atoms with Gasteiger partial charge in [-0.05, 0) is 56.4 Å². The fraction of sp³-hybridized carbons (Fsp3) is 0.409. The van der Waals surface area contributed by atoms with Gasteiger partial charge in [0.2, 0.25) is 11.7 Å². The third-order valence-electron chi connectivity index (χ3n) is 5.40. The van der Waals surface area contributed by atoms with E-state index in [1.54, 1.807) is 6.07 Å². The van der Waals surface area contributed by atoms with E-state index in [4.69, 9.17) is 9.47 Å². The lowest BCUT2D eigenvalue weighted by atomic mass is 10.0. The first-order valence-corrected chi connectivity index (χ1v) is 9.55. The van der Waals surface area contributed by atoms with Crippen molar-refractivity contribution < 1.29 is 19.4 Å². The van der Waals surface area contributed by atoms with E-state index < -0.39 is 17.2 Å². The molecule has 0 radical (unpaired) electrons. The summed E-state index contributed by atoms with van der Waals surface area (Å²) in [7, 11) is 0. The zero-order valence-electron chi connectivity index (χ0n) is 16.8. The van der Waals surface area contributed by atoms with Gasteiger partial charge in [0.05, 0.1) is 18.2 Å². The molecule has 152 valence electrons. The van der Waals surface area contributed by atoms with Crippen molar-refractivity contribution in [3.05, 3.63) is 56.4 Å². The molecule has 1 aliphatic heterocycles. The highest BCUT2D eigenvalue weighted by molar-refractivity contribution is 6.01. The predicted octanol–water partition coefficient (Wildman–Crippen LogP) is 2.79. The van der Waals surface area contributed by atoms with Gasteiger partial charge in [-0.15, -0.1) is 0 Å². The summed E-state index contributed by atoms with van der Waals surface area (Å²) < 4.78 is 12.3. The number of pyridine rings is 1. The molecular weight excluding hydrogens is 372 g/mol. The number of nitriles is 1. The Morgan fingerprint density at radius 2 is 2.10 bits per heavy atom. The molecule has 0 aliphatic carbocycles. The van der Waals surface area contributed by atoms with E-state index in [-0.39, 0.29) is 35.9 Å². The van der Waals surface area contributed by atoms with E-state index in [1.165, 1.54) is 6.92 Å². The molecule has 0 amide bonds. The Bertz CT molecular complexity index is 1040. The second kappa shape index (κ2) is 8.50. The van der Waals surface area contributed by atoms with Crippen LogP contribution in [0.3, 0.4) is 0 Å². The van der Waals surface area contributed by atoms with Crippen LogP contribution in [0.25, 0.3) is 0 Å². The number of nitrogens with zero attached hydrogens (tertiary/aromatic N) is 2. The Hall–Kier alpha value is -3.11. The molecule has 1 fully saturated rings. The number of carbonyl (C=O) groups excluding carboxylic acids is 1. The molecule has 1 atom stereocenters.